The topological polar surface area (TPSA) is 38.0 Å². The molecule has 0 saturated carbocycles. The van der Waals surface area contributed by atoms with Crippen molar-refractivity contribution in [3.63, 3.8) is 0 Å². The van der Waals surface area contributed by atoms with E-state index < -0.39 is 0 Å². The number of aliphatic hydroxyl groups is 1. The first-order chi connectivity index (χ1) is 6.28. The third-order valence-electron chi connectivity index (χ3n) is 1.39. The molecular weight excluding hydrogens is 164 g/mol. The van der Waals surface area contributed by atoms with Gasteiger partial charge >= 0.3 is 0 Å². The van der Waals surface area contributed by atoms with Gasteiger partial charge in [0, 0.05) is 6.20 Å². The first-order valence-corrected chi connectivity index (χ1v) is 4.91. The van der Waals surface area contributed by atoms with Crippen molar-refractivity contribution in [3.05, 3.63) is 18.0 Å². The van der Waals surface area contributed by atoms with Gasteiger partial charge < -0.3 is 5.11 Å². The van der Waals surface area contributed by atoms with Gasteiger partial charge in [0.25, 0.3) is 0 Å². The minimum Gasteiger partial charge on any atom is -0.394 e. The molecule has 0 spiro atoms. The fraction of sp³-hybridized carbons (Fsp3) is 0.700. The molecule has 0 atom stereocenters. The molecule has 13 heavy (non-hydrogen) atoms. The summed E-state index contributed by atoms with van der Waals surface area (Å²) in [6.45, 7) is 7.07. The largest absolute Gasteiger partial charge is 0.394 e. The van der Waals surface area contributed by atoms with Gasteiger partial charge in [0.1, 0.15) is 0 Å². The number of aromatic nitrogens is 2. The van der Waals surface area contributed by atoms with Crippen molar-refractivity contribution in [2.75, 3.05) is 6.61 Å². The molecule has 1 N–H and O–H groups in total. The van der Waals surface area contributed by atoms with Crippen LogP contribution in [0, 0.1) is 0 Å². The summed E-state index contributed by atoms with van der Waals surface area (Å²) in [4.78, 5) is 0. The van der Waals surface area contributed by atoms with Crippen LogP contribution in [-0.2, 0) is 13.0 Å². The number of nitrogens with zero attached hydrogens (tertiary/aromatic N) is 2. The Morgan fingerprint density at radius 2 is 2.00 bits per heavy atom. The van der Waals surface area contributed by atoms with Crippen LogP contribution in [0.15, 0.2) is 12.3 Å². The Bertz CT molecular complexity index is 208. The van der Waals surface area contributed by atoms with Crippen molar-refractivity contribution in [3.8, 4) is 0 Å². The second kappa shape index (κ2) is 7.80. The van der Waals surface area contributed by atoms with Crippen molar-refractivity contribution in [1.29, 1.82) is 0 Å². The van der Waals surface area contributed by atoms with Crippen LogP contribution in [-0.4, -0.2) is 21.5 Å². The maximum absolute atomic E-state index is 8.54. The van der Waals surface area contributed by atoms with Crippen LogP contribution in [0.3, 0.4) is 0 Å². The number of hydrogen-bond donors (Lipinski definition) is 1. The molecule has 1 rings (SSSR count). The highest BCUT2D eigenvalue weighted by Crippen LogP contribution is 1.94. The highest BCUT2D eigenvalue weighted by Gasteiger charge is 1.93. The smallest absolute Gasteiger partial charge is 0.0640 e. The Hall–Kier alpha value is -0.830. The Labute approximate surface area is 80.4 Å². The lowest BCUT2D eigenvalue weighted by atomic mass is 10.4. The summed E-state index contributed by atoms with van der Waals surface area (Å²) in [6, 6.07) is 1.97. The predicted molar refractivity (Wildman–Crippen MR) is 54.7 cm³/mol. The lowest BCUT2D eigenvalue weighted by Crippen LogP contribution is -2.02. The maximum Gasteiger partial charge on any atom is 0.0640 e. The SMILES string of the molecule is CCC.CCc1ccn(CCO)n1. The van der Waals surface area contributed by atoms with Crippen LogP contribution in [0.5, 0.6) is 0 Å². The molecule has 0 aliphatic carbocycles. The number of hydrogen-bond acceptors (Lipinski definition) is 2. The third-order valence-corrected chi connectivity index (χ3v) is 1.39. The van der Waals surface area contributed by atoms with Gasteiger partial charge in [-0.25, -0.2) is 0 Å². The second-order valence-electron chi connectivity index (χ2n) is 2.85. The van der Waals surface area contributed by atoms with E-state index in [2.05, 4.69) is 25.9 Å². The zero-order valence-electron chi connectivity index (χ0n) is 8.82. The summed E-state index contributed by atoms with van der Waals surface area (Å²) in [6.07, 6.45) is 4.09. The Balaban J connectivity index is 0.000000424. The van der Waals surface area contributed by atoms with Crippen LogP contribution in [0.1, 0.15) is 32.9 Å². The van der Waals surface area contributed by atoms with Gasteiger partial charge in [0.2, 0.25) is 0 Å². The van der Waals surface area contributed by atoms with Gasteiger partial charge in [-0.3, -0.25) is 4.68 Å². The lowest BCUT2D eigenvalue weighted by molar-refractivity contribution is 0.269. The normalized spacial score (nSPS) is 9.23. The molecule has 0 unspecified atom stereocenters. The molecule has 1 aromatic heterocycles. The summed E-state index contributed by atoms with van der Waals surface area (Å²) >= 11 is 0. The van der Waals surface area contributed by atoms with Gasteiger partial charge in [0.15, 0.2) is 0 Å². The summed E-state index contributed by atoms with van der Waals surface area (Å²) in [5.74, 6) is 0. The van der Waals surface area contributed by atoms with Crippen LogP contribution < -0.4 is 0 Å². The molecule has 1 heterocycles. The zero-order valence-corrected chi connectivity index (χ0v) is 8.82. The molecule has 0 fully saturated rings. The van der Waals surface area contributed by atoms with E-state index >= 15 is 0 Å². The lowest BCUT2D eigenvalue weighted by Gasteiger charge is -1.94. The molecule has 76 valence electrons. The first-order valence-electron chi connectivity index (χ1n) is 4.91. The number of aryl methyl sites for hydroxylation is 1. The Kier molecular flexibility index (Phi) is 7.30. The van der Waals surface area contributed by atoms with E-state index in [1.54, 1.807) is 4.68 Å². The van der Waals surface area contributed by atoms with E-state index in [0.717, 1.165) is 12.1 Å². The van der Waals surface area contributed by atoms with E-state index in [9.17, 15) is 0 Å². The van der Waals surface area contributed by atoms with Crippen molar-refractivity contribution >= 4 is 0 Å². The molecule has 3 heteroatoms. The average Bonchev–Trinajstić information content (AvgIpc) is 2.54. The van der Waals surface area contributed by atoms with E-state index in [1.807, 2.05) is 12.3 Å². The Morgan fingerprint density at radius 1 is 1.38 bits per heavy atom. The van der Waals surface area contributed by atoms with E-state index in [4.69, 9.17) is 5.11 Å². The summed E-state index contributed by atoms with van der Waals surface area (Å²) in [5.41, 5.74) is 1.08. The van der Waals surface area contributed by atoms with Gasteiger partial charge in [-0.15, -0.1) is 0 Å². The van der Waals surface area contributed by atoms with Gasteiger partial charge in [-0.2, -0.15) is 5.10 Å². The minimum atomic E-state index is 0.158. The Morgan fingerprint density at radius 3 is 2.38 bits per heavy atom. The standard InChI is InChI=1S/C7H12N2O.C3H8/c1-2-7-3-4-9(8-7)5-6-10;1-3-2/h3-4,10H,2,5-6H2,1H3;3H2,1-2H3. The minimum absolute atomic E-state index is 0.158. The number of rotatable bonds is 3. The molecule has 0 aliphatic heterocycles. The third kappa shape index (κ3) is 5.42. The molecular formula is C10H20N2O. The van der Waals surface area contributed by atoms with Crippen LogP contribution in [0.2, 0.25) is 0 Å². The fourth-order valence-corrected chi connectivity index (χ4v) is 0.819. The molecule has 3 nitrogen and oxygen atoms in total. The van der Waals surface area contributed by atoms with E-state index in [-0.39, 0.29) is 6.61 Å². The summed E-state index contributed by atoms with van der Waals surface area (Å²) in [5, 5.41) is 12.7. The van der Waals surface area contributed by atoms with Crippen molar-refractivity contribution in [2.24, 2.45) is 0 Å². The van der Waals surface area contributed by atoms with Crippen LogP contribution in [0.25, 0.3) is 0 Å². The van der Waals surface area contributed by atoms with E-state index in [1.165, 1.54) is 6.42 Å². The average molecular weight is 184 g/mol. The van der Waals surface area contributed by atoms with Crippen molar-refractivity contribution < 1.29 is 5.11 Å². The molecule has 1 aromatic rings. The second-order valence-corrected chi connectivity index (χ2v) is 2.85. The van der Waals surface area contributed by atoms with Gasteiger partial charge in [-0.05, 0) is 12.5 Å². The summed E-state index contributed by atoms with van der Waals surface area (Å²) < 4.78 is 1.75. The molecule has 0 aliphatic rings. The molecule has 0 radical (unpaired) electrons. The molecule has 0 bridgehead atoms. The highest BCUT2D eigenvalue weighted by atomic mass is 16.3. The first kappa shape index (κ1) is 12.2. The maximum atomic E-state index is 8.54. The monoisotopic (exact) mass is 184 g/mol. The van der Waals surface area contributed by atoms with E-state index in [0.29, 0.717) is 6.54 Å². The van der Waals surface area contributed by atoms with Gasteiger partial charge in [-0.1, -0.05) is 27.2 Å². The molecule has 0 aromatic carbocycles. The molecule has 0 amide bonds. The zero-order chi connectivity index (χ0) is 10.1. The quantitative estimate of drug-likeness (QED) is 0.778. The van der Waals surface area contributed by atoms with Crippen molar-refractivity contribution in [1.82, 2.24) is 9.78 Å². The number of aliphatic hydroxyl groups excluding tert-OH is 1. The molecule has 0 saturated heterocycles. The predicted octanol–water partition coefficient (Wildman–Crippen LogP) is 1.85. The highest BCUT2D eigenvalue weighted by molar-refractivity contribution is 4.97. The van der Waals surface area contributed by atoms with Gasteiger partial charge in [0.05, 0.1) is 18.8 Å². The van der Waals surface area contributed by atoms with Crippen LogP contribution in [0.4, 0.5) is 0 Å². The summed E-state index contributed by atoms with van der Waals surface area (Å²) in [7, 11) is 0. The fourth-order valence-electron chi connectivity index (χ4n) is 0.819. The van der Waals surface area contributed by atoms with Crippen LogP contribution >= 0.6 is 0 Å². The van der Waals surface area contributed by atoms with Crippen molar-refractivity contribution in [2.45, 2.75) is 40.2 Å².